The summed E-state index contributed by atoms with van der Waals surface area (Å²) in [6, 6.07) is 11.0. The van der Waals surface area contributed by atoms with Crippen molar-refractivity contribution in [2.24, 2.45) is 7.05 Å². The van der Waals surface area contributed by atoms with Gasteiger partial charge in [0, 0.05) is 43.7 Å². The molecular weight excluding hydrogens is 433 g/mol. The average molecular weight is 456 g/mol. The smallest absolute Gasteiger partial charge is 0.383 e. The summed E-state index contributed by atoms with van der Waals surface area (Å²) in [5.74, 6) is -0.177. The van der Waals surface area contributed by atoms with Crippen molar-refractivity contribution in [1.82, 2.24) is 24.6 Å². The molecule has 0 spiro atoms. The van der Waals surface area contributed by atoms with Crippen LogP contribution in [0.2, 0.25) is 0 Å². The third kappa shape index (κ3) is 4.55. The minimum absolute atomic E-state index is 0.177. The molecule has 0 aliphatic heterocycles. The number of hydrogen-bond donors (Lipinski definition) is 2. The molecule has 2 heterocycles. The Labute approximate surface area is 188 Å². The number of imidazole rings is 1. The monoisotopic (exact) mass is 456 g/mol. The molecular formula is C23H23F3N6O. The van der Waals surface area contributed by atoms with Gasteiger partial charge in [0.25, 0.3) is 5.91 Å². The lowest BCUT2D eigenvalue weighted by molar-refractivity contribution is -0.131. The van der Waals surface area contributed by atoms with Crippen LogP contribution in [0.15, 0.2) is 48.9 Å². The van der Waals surface area contributed by atoms with Crippen LogP contribution in [0.4, 0.5) is 18.9 Å². The van der Waals surface area contributed by atoms with Gasteiger partial charge in [0.05, 0.1) is 23.3 Å². The summed E-state index contributed by atoms with van der Waals surface area (Å²) >= 11 is 0. The van der Waals surface area contributed by atoms with Crippen molar-refractivity contribution in [3.8, 4) is 16.9 Å². The minimum Gasteiger partial charge on any atom is -0.383 e. The molecule has 0 radical (unpaired) electrons. The number of carbonyl (C=O) groups is 1. The highest BCUT2D eigenvalue weighted by Crippen LogP contribution is 2.32. The van der Waals surface area contributed by atoms with Gasteiger partial charge < -0.3 is 10.6 Å². The van der Waals surface area contributed by atoms with E-state index in [-0.39, 0.29) is 12.5 Å². The normalized spacial score (nSPS) is 11.7. The number of halogens is 3. The molecule has 0 aliphatic carbocycles. The first-order valence-corrected chi connectivity index (χ1v) is 10.3. The Bertz CT molecular complexity index is 1320. The molecule has 0 atom stereocenters. The molecule has 4 rings (SSSR count). The Hall–Kier alpha value is -3.82. The maximum absolute atomic E-state index is 12.7. The average Bonchev–Trinajstić information content (AvgIpc) is 3.38. The Morgan fingerprint density at radius 3 is 2.58 bits per heavy atom. The van der Waals surface area contributed by atoms with Crippen molar-refractivity contribution in [1.29, 1.82) is 0 Å². The molecule has 0 saturated carbocycles. The first-order chi connectivity index (χ1) is 15.7. The number of aromatic nitrogens is 4. The number of anilines is 1. The molecule has 0 unspecified atom stereocenters. The lowest BCUT2D eigenvalue weighted by Gasteiger charge is -2.13. The molecule has 2 aromatic carbocycles. The van der Waals surface area contributed by atoms with Crippen molar-refractivity contribution >= 4 is 22.6 Å². The van der Waals surface area contributed by atoms with E-state index in [0.29, 0.717) is 16.8 Å². The highest BCUT2D eigenvalue weighted by molar-refractivity contribution is 5.96. The molecule has 33 heavy (non-hydrogen) atoms. The summed E-state index contributed by atoms with van der Waals surface area (Å²) < 4.78 is 41.7. The van der Waals surface area contributed by atoms with Crippen LogP contribution in [0.5, 0.6) is 0 Å². The predicted molar refractivity (Wildman–Crippen MR) is 121 cm³/mol. The topological polar surface area (TPSA) is 76.8 Å². The molecule has 172 valence electrons. The fraction of sp³-hybridized carbons (Fsp3) is 0.261. The van der Waals surface area contributed by atoms with Gasteiger partial charge in [-0.25, -0.2) is 4.98 Å². The van der Waals surface area contributed by atoms with E-state index in [1.165, 1.54) is 0 Å². The third-order valence-electron chi connectivity index (χ3n) is 5.45. The van der Waals surface area contributed by atoms with Crippen LogP contribution >= 0.6 is 0 Å². The van der Waals surface area contributed by atoms with Crippen LogP contribution in [0.3, 0.4) is 0 Å². The molecule has 0 saturated heterocycles. The van der Waals surface area contributed by atoms with Crippen LogP contribution in [0, 0.1) is 6.92 Å². The fourth-order valence-electron chi connectivity index (χ4n) is 3.79. The first kappa shape index (κ1) is 22.4. The number of aryl methyl sites for hydroxylation is 2. The summed E-state index contributed by atoms with van der Waals surface area (Å²) in [7, 11) is 3.38. The zero-order valence-corrected chi connectivity index (χ0v) is 18.4. The van der Waals surface area contributed by atoms with Gasteiger partial charge in [0.2, 0.25) is 0 Å². The van der Waals surface area contributed by atoms with Gasteiger partial charge in [-0.2, -0.15) is 18.3 Å². The van der Waals surface area contributed by atoms with Gasteiger partial charge in [0.15, 0.2) is 0 Å². The van der Waals surface area contributed by atoms with Crippen LogP contribution in [-0.2, 0) is 7.05 Å². The largest absolute Gasteiger partial charge is 0.390 e. The van der Waals surface area contributed by atoms with Crippen LogP contribution in [0.25, 0.3) is 28.0 Å². The molecule has 7 nitrogen and oxygen atoms in total. The first-order valence-electron chi connectivity index (χ1n) is 10.3. The quantitative estimate of drug-likeness (QED) is 0.449. The van der Waals surface area contributed by atoms with E-state index in [0.717, 1.165) is 28.0 Å². The highest BCUT2D eigenvalue weighted by atomic mass is 19.4. The van der Waals surface area contributed by atoms with E-state index >= 15 is 0 Å². The van der Waals surface area contributed by atoms with Gasteiger partial charge >= 0.3 is 6.18 Å². The maximum Gasteiger partial charge on any atom is 0.390 e. The van der Waals surface area contributed by atoms with E-state index < -0.39 is 12.6 Å². The van der Waals surface area contributed by atoms with E-state index in [2.05, 4.69) is 20.7 Å². The number of rotatable bonds is 6. The van der Waals surface area contributed by atoms with E-state index in [1.807, 2.05) is 35.8 Å². The molecule has 1 amide bonds. The van der Waals surface area contributed by atoms with Crippen LogP contribution in [-0.4, -0.2) is 45.0 Å². The SMILES string of the molecule is CNC(=O)c1ccc(-n2cnc3c(NCCC(F)(F)F)cc(-c4ccnn4C)cc32)cc1C. The summed E-state index contributed by atoms with van der Waals surface area (Å²) in [5, 5.41) is 9.71. The molecule has 10 heteroatoms. The van der Waals surface area contributed by atoms with Gasteiger partial charge in [-0.15, -0.1) is 0 Å². The molecule has 2 N–H and O–H groups in total. The standard InChI is InChI=1S/C23H23F3N6O/c1-14-10-16(4-5-17(14)22(33)27-2)32-13-29-21-18(28-9-7-23(24,25)26)11-15(12-20(21)32)19-6-8-30-31(19)3/h4-6,8,10-13,28H,7,9H2,1-3H3,(H,27,33). The van der Waals surface area contributed by atoms with Crippen LogP contribution < -0.4 is 10.6 Å². The zero-order valence-electron chi connectivity index (χ0n) is 18.4. The molecule has 4 aromatic rings. The Morgan fingerprint density at radius 1 is 1.15 bits per heavy atom. The van der Waals surface area contributed by atoms with E-state index in [4.69, 9.17) is 0 Å². The summed E-state index contributed by atoms with van der Waals surface area (Å²) in [5.41, 5.74) is 5.52. The second-order valence-corrected chi connectivity index (χ2v) is 7.72. The predicted octanol–water partition coefficient (Wildman–Crippen LogP) is 4.46. The van der Waals surface area contributed by atoms with Crippen molar-refractivity contribution < 1.29 is 18.0 Å². The molecule has 2 aromatic heterocycles. The third-order valence-corrected chi connectivity index (χ3v) is 5.45. The van der Waals surface area contributed by atoms with Crippen LogP contribution in [0.1, 0.15) is 22.3 Å². The van der Waals surface area contributed by atoms with Crippen molar-refractivity contribution in [2.75, 3.05) is 18.9 Å². The van der Waals surface area contributed by atoms with E-state index in [9.17, 15) is 18.0 Å². The number of amides is 1. The molecule has 0 bridgehead atoms. The Balaban J connectivity index is 1.82. The number of carbonyl (C=O) groups excluding carboxylic acids is 1. The number of hydrogen-bond acceptors (Lipinski definition) is 4. The zero-order chi connectivity index (χ0) is 23.8. The van der Waals surface area contributed by atoms with Gasteiger partial charge in [-0.05, 0) is 48.9 Å². The Morgan fingerprint density at radius 2 is 1.94 bits per heavy atom. The fourth-order valence-corrected chi connectivity index (χ4v) is 3.79. The summed E-state index contributed by atoms with van der Waals surface area (Å²) in [6.07, 6.45) is -1.92. The minimum atomic E-state index is -4.25. The number of fused-ring (bicyclic) bond motifs is 1. The highest BCUT2D eigenvalue weighted by Gasteiger charge is 2.26. The number of nitrogens with one attached hydrogen (secondary N) is 2. The van der Waals surface area contributed by atoms with Gasteiger partial charge in [-0.3, -0.25) is 14.0 Å². The second-order valence-electron chi connectivity index (χ2n) is 7.72. The summed E-state index contributed by atoms with van der Waals surface area (Å²) in [6.45, 7) is 1.58. The second kappa shape index (κ2) is 8.61. The lowest BCUT2D eigenvalue weighted by atomic mass is 10.1. The van der Waals surface area contributed by atoms with E-state index in [1.54, 1.807) is 43.4 Å². The Kier molecular flexibility index (Phi) is 5.84. The van der Waals surface area contributed by atoms with Gasteiger partial charge in [-0.1, -0.05) is 0 Å². The molecule has 0 fully saturated rings. The number of nitrogens with zero attached hydrogens (tertiary/aromatic N) is 4. The van der Waals surface area contributed by atoms with Crippen molar-refractivity contribution in [3.05, 3.63) is 60.0 Å². The van der Waals surface area contributed by atoms with Crippen molar-refractivity contribution in [3.63, 3.8) is 0 Å². The summed E-state index contributed by atoms with van der Waals surface area (Å²) in [4.78, 5) is 16.5. The number of alkyl halides is 3. The molecule has 0 aliphatic rings. The maximum atomic E-state index is 12.7. The van der Waals surface area contributed by atoms with Crippen molar-refractivity contribution in [2.45, 2.75) is 19.5 Å². The van der Waals surface area contributed by atoms with Gasteiger partial charge in [0.1, 0.15) is 11.8 Å². The lowest BCUT2D eigenvalue weighted by Crippen LogP contribution is -2.19. The number of benzene rings is 2.